The average Bonchev–Trinajstić information content (AvgIpc) is 3.09. The van der Waals surface area contributed by atoms with E-state index in [0.717, 1.165) is 16.0 Å². The van der Waals surface area contributed by atoms with Gasteiger partial charge in [0.05, 0.1) is 10.3 Å². The van der Waals surface area contributed by atoms with Gasteiger partial charge in [0.15, 0.2) is 9.84 Å². The summed E-state index contributed by atoms with van der Waals surface area (Å²) in [5.74, 6) is 1.04. The zero-order chi connectivity index (χ0) is 18.6. The smallest absolute Gasteiger partial charge is 0.326 e. The molecule has 0 atom stereocenters. The second kappa shape index (κ2) is 8.82. The lowest BCUT2D eigenvalue weighted by Gasteiger charge is -2.10. The molecule has 0 N–H and O–H groups in total. The Morgan fingerprint density at radius 1 is 1.12 bits per heavy atom. The van der Waals surface area contributed by atoms with Crippen LogP contribution in [0.4, 0.5) is 0 Å². The van der Waals surface area contributed by atoms with Crippen molar-refractivity contribution in [1.82, 2.24) is 0 Å². The van der Waals surface area contributed by atoms with E-state index in [4.69, 9.17) is 4.74 Å². The van der Waals surface area contributed by atoms with Gasteiger partial charge in [-0.15, -0.1) is 23.5 Å². The number of rotatable bonds is 6. The molecule has 0 saturated carbocycles. The Hall–Kier alpha value is -0.960. The van der Waals surface area contributed by atoms with E-state index in [9.17, 15) is 13.2 Å². The molecule has 26 heavy (non-hydrogen) atoms. The van der Waals surface area contributed by atoms with Crippen LogP contribution < -0.4 is 4.74 Å². The number of hydrogen-bond donors (Lipinski definition) is 0. The van der Waals surface area contributed by atoms with Crippen LogP contribution in [0.3, 0.4) is 0 Å². The summed E-state index contributed by atoms with van der Waals surface area (Å²) < 4.78 is 30.8. The summed E-state index contributed by atoms with van der Waals surface area (Å²) in [5, 5.41) is 0. The van der Waals surface area contributed by atoms with Crippen molar-refractivity contribution in [3.63, 3.8) is 0 Å². The minimum absolute atomic E-state index is 0.198. The Morgan fingerprint density at radius 3 is 2.46 bits per heavy atom. The maximum Gasteiger partial charge on any atom is 0.326 e. The number of esters is 1. The molecule has 1 aliphatic rings. The Balaban J connectivity index is 1.57. The molecule has 8 heteroatoms. The van der Waals surface area contributed by atoms with Crippen LogP contribution in [0.2, 0.25) is 0 Å². The Labute approximate surface area is 170 Å². The maximum atomic E-state index is 12.2. The van der Waals surface area contributed by atoms with Crippen LogP contribution in [0.5, 0.6) is 5.75 Å². The molecule has 0 unspecified atom stereocenters. The number of hydrogen-bond acceptors (Lipinski definition) is 6. The monoisotopic (exact) mass is 472 g/mol. The van der Waals surface area contributed by atoms with E-state index in [1.54, 1.807) is 30.3 Å². The number of benzene rings is 2. The number of carbonyl (C=O) groups is 1. The van der Waals surface area contributed by atoms with Gasteiger partial charge in [-0.25, -0.2) is 8.42 Å². The first kappa shape index (κ1) is 19.8. The highest BCUT2D eigenvalue weighted by molar-refractivity contribution is 9.10. The van der Waals surface area contributed by atoms with Gasteiger partial charge in [0.25, 0.3) is 0 Å². The van der Waals surface area contributed by atoms with E-state index < -0.39 is 21.6 Å². The summed E-state index contributed by atoms with van der Waals surface area (Å²) in [4.78, 5) is 12.0. The zero-order valence-electron chi connectivity index (χ0n) is 13.8. The van der Waals surface area contributed by atoms with Gasteiger partial charge in [0.1, 0.15) is 11.5 Å². The second-order valence-electron chi connectivity index (χ2n) is 5.78. The lowest BCUT2D eigenvalue weighted by atomic mass is 10.2. The molecule has 0 amide bonds. The summed E-state index contributed by atoms with van der Waals surface area (Å²) in [7, 11) is -3.59. The molecular weight excluding hydrogens is 456 g/mol. The van der Waals surface area contributed by atoms with E-state index in [1.165, 1.54) is 5.56 Å². The van der Waals surface area contributed by atoms with Gasteiger partial charge in [-0.2, -0.15) is 0 Å². The van der Waals surface area contributed by atoms with Crippen molar-refractivity contribution in [2.75, 3.05) is 17.3 Å². The molecule has 138 valence electrons. The van der Waals surface area contributed by atoms with Crippen LogP contribution in [-0.4, -0.2) is 31.6 Å². The third-order valence-electron chi connectivity index (χ3n) is 3.62. The third kappa shape index (κ3) is 5.77. The summed E-state index contributed by atoms with van der Waals surface area (Å²) >= 11 is 7.10. The molecule has 2 aromatic rings. The van der Waals surface area contributed by atoms with Crippen LogP contribution in [0.1, 0.15) is 15.7 Å². The van der Waals surface area contributed by atoms with E-state index in [1.807, 2.05) is 41.7 Å². The quantitative estimate of drug-likeness (QED) is 0.457. The van der Waals surface area contributed by atoms with Crippen LogP contribution in [0, 0.1) is 0 Å². The predicted octanol–water partition coefficient (Wildman–Crippen LogP) is 4.45. The van der Waals surface area contributed by atoms with Gasteiger partial charge < -0.3 is 4.74 Å². The first-order valence-corrected chi connectivity index (χ1v) is 12.6. The average molecular weight is 473 g/mol. The van der Waals surface area contributed by atoms with Crippen molar-refractivity contribution in [2.24, 2.45) is 0 Å². The molecule has 0 aliphatic carbocycles. The third-order valence-corrected chi connectivity index (χ3v) is 8.67. The maximum absolute atomic E-state index is 12.2. The molecule has 1 fully saturated rings. The molecule has 4 nitrogen and oxygen atoms in total. The number of sulfone groups is 1. The van der Waals surface area contributed by atoms with Crippen molar-refractivity contribution in [3.8, 4) is 5.75 Å². The van der Waals surface area contributed by atoms with Crippen LogP contribution in [0.15, 0.2) is 53.0 Å². The van der Waals surface area contributed by atoms with E-state index in [2.05, 4.69) is 15.9 Å². The topological polar surface area (TPSA) is 60.4 Å². The Bertz CT molecular complexity index is 876. The van der Waals surface area contributed by atoms with Gasteiger partial charge in [0.2, 0.25) is 0 Å². The molecule has 0 spiro atoms. The number of halogens is 1. The van der Waals surface area contributed by atoms with Crippen LogP contribution in [0.25, 0.3) is 0 Å². The van der Waals surface area contributed by atoms with Gasteiger partial charge >= 0.3 is 5.97 Å². The molecule has 1 aliphatic heterocycles. The fourth-order valence-corrected chi connectivity index (χ4v) is 7.03. The molecule has 1 heterocycles. The number of thioether (sulfide) groups is 2. The summed E-state index contributed by atoms with van der Waals surface area (Å²) in [6.45, 7) is 0. The Kier molecular flexibility index (Phi) is 6.71. The first-order chi connectivity index (χ1) is 12.4. The van der Waals surface area contributed by atoms with E-state index >= 15 is 0 Å². The highest BCUT2D eigenvalue weighted by Gasteiger charge is 2.21. The fourth-order valence-electron chi connectivity index (χ4n) is 2.52. The van der Waals surface area contributed by atoms with Crippen LogP contribution >= 0.6 is 39.5 Å². The second-order valence-corrected chi connectivity index (χ2v) is 11.5. The van der Waals surface area contributed by atoms with Crippen molar-refractivity contribution < 1.29 is 17.9 Å². The Morgan fingerprint density at radius 2 is 1.81 bits per heavy atom. The van der Waals surface area contributed by atoms with Crippen molar-refractivity contribution in [2.45, 2.75) is 10.3 Å². The lowest BCUT2D eigenvalue weighted by Crippen LogP contribution is -2.22. The summed E-state index contributed by atoms with van der Waals surface area (Å²) in [5.41, 5.74) is 1.81. The van der Waals surface area contributed by atoms with Gasteiger partial charge in [-0.05, 0) is 35.4 Å². The standard InChI is InChI=1S/C18H17BrO4S3/c19-15-3-1-2-13(10-15)11-26(21,22)12-17(20)23-16-6-4-14(5-7-16)18-24-8-9-25-18/h1-7,10,18H,8-9,11-12H2. The van der Waals surface area contributed by atoms with Crippen molar-refractivity contribution in [1.29, 1.82) is 0 Å². The number of carbonyl (C=O) groups excluding carboxylic acids is 1. The fraction of sp³-hybridized carbons (Fsp3) is 0.278. The minimum Gasteiger partial charge on any atom is -0.426 e. The molecule has 0 aromatic heterocycles. The SMILES string of the molecule is O=C(CS(=O)(=O)Cc1cccc(Br)c1)Oc1ccc(C2SCCS2)cc1. The van der Waals surface area contributed by atoms with Gasteiger partial charge in [-0.3, -0.25) is 4.79 Å². The normalized spacial score (nSPS) is 15.1. The van der Waals surface area contributed by atoms with Crippen LogP contribution in [-0.2, 0) is 20.4 Å². The molecule has 0 bridgehead atoms. The molecule has 3 rings (SSSR count). The molecule has 0 radical (unpaired) electrons. The van der Waals surface area contributed by atoms with E-state index in [-0.39, 0.29) is 5.75 Å². The van der Waals surface area contributed by atoms with Gasteiger partial charge in [-0.1, -0.05) is 40.2 Å². The van der Waals surface area contributed by atoms with E-state index in [0.29, 0.717) is 15.9 Å². The molecule has 2 aromatic carbocycles. The summed E-state index contributed by atoms with van der Waals surface area (Å²) in [6, 6.07) is 14.3. The minimum atomic E-state index is -3.59. The molecule has 1 saturated heterocycles. The highest BCUT2D eigenvalue weighted by Crippen LogP contribution is 2.45. The zero-order valence-corrected chi connectivity index (χ0v) is 17.8. The largest absolute Gasteiger partial charge is 0.426 e. The lowest BCUT2D eigenvalue weighted by molar-refractivity contribution is -0.131. The predicted molar refractivity (Wildman–Crippen MR) is 111 cm³/mol. The summed E-state index contributed by atoms with van der Waals surface area (Å²) in [6.07, 6.45) is 0. The first-order valence-electron chi connectivity index (χ1n) is 7.90. The van der Waals surface area contributed by atoms with Gasteiger partial charge in [0, 0.05) is 16.0 Å². The number of ether oxygens (including phenoxy) is 1. The molecular formula is C18H17BrO4S3. The van der Waals surface area contributed by atoms with Crippen molar-refractivity contribution >= 4 is 55.3 Å². The van der Waals surface area contributed by atoms with Crippen molar-refractivity contribution in [3.05, 3.63) is 64.1 Å². The highest BCUT2D eigenvalue weighted by atomic mass is 79.9.